The maximum atomic E-state index is 11.9. The van der Waals surface area contributed by atoms with Gasteiger partial charge in [-0.05, 0) is 18.2 Å². The molecule has 0 aliphatic carbocycles. The smallest absolute Gasteiger partial charge is 0.422 e. The van der Waals surface area contributed by atoms with Crippen molar-refractivity contribution < 1.29 is 27.5 Å². The van der Waals surface area contributed by atoms with Gasteiger partial charge in [-0.1, -0.05) is 23.2 Å². The number of nitrogens with one attached hydrogen (secondary N) is 2. The van der Waals surface area contributed by atoms with Gasteiger partial charge in [0, 0.05) is 28.9 Å². The third kappa shape index (κ3) is 7.24. The molecule has 0 spiro atoms. The Morgan fingerprint density at radius 2 is 2.00 bits per heavy atom. The number of amides is 2. The molecule has 1 aromatic carbocycles. The number of ether oxygens (including phenoxy) is 1. The number of benzene rings is 1. The van der Waals surface area contributed by atoms with E-state index in [2.05, 4.69) is 15.0 Å². The Morgan fingerprint density at radius 1 is 1.26 bits per heavy atom. The summed E-state index contributed by atoms with van der Waals surface area (Å²) in [5, 5.41) is 7.47. The summed E-state index contributed by atoms with van der Waals surface area (Å²) in [4.78, 5) is 27.1. The molecule has 0 aliphatic heterocycles. The van der Waals surface area contributed by atoms with Crippen molar-refractivity contribution in [3.05, 3.63) is 33.6 Å². The van der Waals surface area contributed by atoms with Crippen LogP contribution in [0.4, 0.5) is 23.1 Å². The number of thiazole rings is 1. The number of anilines is 1. The van der Waals surface area contributed by atoms with Crippen molar-refractivity contribution in [3.63, 3.8) is 0 Å². The minimum absolute atomic E-state index is 0.173. The van der Waals surface area contributed by atoms with E-state index in [0.29, 0.717) is 26.4 Å². The zero-order chi connectivity index (χ0) is 20.0. The molecule has 1 heterocycles. The van der Waals surface area contributed by atoms with Gasteiger partial charge in [0.1, 0.15) is 0 Å². The summed E-state index contributed by atoms with van der Waals surface area (Å²) in [6.07, 6.45) is -6.04. The summed E-state index contributed by atoms with van der Waals surface area (Å²) in [5.41, 5.74) is 1.13. The highest BCUT2D eigenvalue weighted by Crippen LogP contribution is 2.32. The first-order valence-corrected chi connectivity index (χ1v) is 8.96. The number of halogens is 5. The molecule has 146 valence electrons. The van der Waals surface area contributed by atoms with Crippen LogP contribution in [0, 0.1) is 0 Å². The summed E-state index contributed by atoms with van der Waals surface area (Å²) < 4.78 is 39.6. The zero-order valence-electron chi connectivity index (χ0n) is 13.4. The molecule has 12 heteroatoms. The van der Waals surface area contributed by atoms with Gasteiger partial charge in [-0.15, -0.1) is 11.3 Å². The van der Waals surface area contributed by atoms with E-state index in [9.17, 15) is 22.8 Å². The van der Waals surface area contributed by atoms with Gasteiger partial charge in [-0.3, -0.25) is 4.79 Å². The van der Waals surface area contributed by atoms with Crippen molar-refractivity contribution in [1.29, 1.82) is 0 Å². The van der Waals surface area contributed by atoms with Crippen LogP contribution in [0.2, 0.25) is 10.0 Å². The molecule has 0 saturated heterocycles. The Hall–Kier alpha value is -2.04. The van der Waals surface area contributed by atoms with Crippen molar-refractivity contribution >= 4 is 51.7 Å². The summed E-state index contributed by atoms with van der Waals surface area (Å²) in [7, 11) is 0. The number of nitrogens with zero attached hydrogens (tertiary/aromatic N) is 1. The van der Waals surface area contributed by atoms with Crippen LogP contribution in [-0.2, 0) is 9.53 Å². The number of hydrogen-bond acceptors (Lipinski definition) is 5. The van der Waals surface area contributed by atoms with Crippen LogP contribution in [0.15, 0.2) is 23.6 Å². The normalized spacial score (nSPS) is 11.1. The Bertz CT molecular complexity index is 830. The topological polar surface area (TPSA) is 80.3 Å². The molecular formula is C15H12Cl2F3N3O3S. The second-order valence-electron chi connectivity index (χ2n) is 5.08. The van der Waals surface area contributed by atoms with E-state index in [-0.39, 0.29) is 13.0 Å². The number of hydrogen-bond donors (Lipinski definition) is 2. The minimum Gasteiger partial charge on any atom is -0.440 e. The molecule has 2 rings (SSSR count). The summed E-state index contributed by atoms with van der Waals surface area (Å²) in [5.74, 6) is -0.482. The summed E-state index contributed by atoms with van der Waals surface area (Å²) >= 11 is 13.2. The van der Waals surface area contributed by atoms with Crippen LogP contribution in [0.3, 0.4) is 0 Å². The molecule has 0 saturated carbocycles. The molecule has 0 aliphatic rings. The van der Waals surface area contributed by atoms with Gasteiger partial charge in [-0.25, -0.2) is 9.78 Å². The van der Waals surface area contributed by atoms with E-state index in [1.165, 1.54) is 0 Å². The van der Waals surface area contributed by atoms with Gasteiger partial charge in [0.25, 0.3) is 0 Å². The highest BCUT2D eigenvalue weighted by atomic mass is 35.5. The Balaban J connectivity index is 1.81. The standard InChI is InChI=1S/C15H12Cl2F3N3O3S/c16-8-1-2-10(17)9(5-8)11-6-27-13(22-11)23-12(24)3-4-21-14(25)26-7-15(18,19)20/h1-2,5-6H,3-4,7H2,(H,21,25)(H,22,23,24). The van der Waals surface area contributed by atoms with Gasteiger partial charge in [0.15, 0.2) is 11.7 Å². The van der Waals surface area contributed by atoms with Crippen molar-refractivity contribution in [1.82, 2.24) is 10.3 Å². The van der Waals surface area contributed by atoms with Crippen molar-refractivity contribution in [2.75, 3.05) is 18.5 Å². The number of alkyl carbamates (subject to hydrolysis) is 1. The number of rotatable bonds is 6. The zero-order valence-corrected chi connectivity index (χ0v) is 15.7. The number of carbonyl (C=O) groups is 2. The second-order valence-corrected chi connectivity index (χ2v) is 6.78. The van der Waals surface area contributed by atoms with Crippen LogP contribution < -0.4 is 10.6 Å². The van der Waals surface area contributed by atoms with E-state index in [0.717, 1.165) is 11.3 Å². The summed E-state index contributed by atoms with van der Waals surface area (Å²) in [6, 6.07) is 4.90. The molecule has 2 amide bonds. The van der Waals surface area contributed by atoms with Gasteiger partial charge in [0.05, 0.1) is 10.7 Å². The van der Waals surface area contributed by atoms with Gasteiger partial charge < -0.3 is 15.4 Å². The molecule has 0 radical (unpaired) electrons. The average Bonchev–Trinajstić information content (AvgIpc) is 3.02. The lowest BCUT2D eigenvalue weighted by Gasteiger charge is -2.08. The molecule has 0 bridgehead atoms. The van der Waals surface area contributed by atoms with Gasteiger partial charge >= 0.3 is 12.3 Å². The van der Waals surface area contributed by atoms with Crippen molar-refractivity contribution in [3.8, 4) is 11.3 Å². The van der Waals surface area contributed by atoms with Crippen LogP contribution in [-0.4, -0.2) is 36.3 Å². The fraction of sp³-hybridized carbons (Fsp3) is 0.267. The third-order valence-electron chi connectivity index (χ3n) is 2.94. The van der Waals surface area contributed by atoms with Crippen LogP contribution in [0.1, 0.15) is 6.42 Å². The highest BCUT2D eigenvalue weighted by Gasteiger charge is 2.29. The molecule has 0 fully saturated rings. The average molecular weight is 442 g/mol. The van der Waals surface area contributed by atoms with Crippen LogP contribution in [0.25, 0.3) is 11.3 Å². The number of alkyl halides is 3. The molecule has 1 aromatic heterocycles. The third-order valence-corrected chi connectivity index (χ3v) is 4.27. The fourth-order valence-corrected chi connectivity index (χ4v) is 2.92. The number of carbonyl (C=O) groups excluding carboxylic acids is 2. The summed E-state index contributed by atoms with van der Waals surface area (Å²) in [6.45, 7) is -1.89. The Labute approximate surface area is 165 Å². The predicted molar refractivity (Wildman–Crippen MR) is 96.2 cm³/mol. The molecule has 6 nitrogen and oxygen atoms in total. The predicted octanol–water partition coefficient (Wildman–Crippen LogP) is 4.73. The van der Waals surface area contributed by atoms with Crippen molar-refractivity contribution in [2.24, 2.45) is 0 Å². The number of aromatic nitrogens is 1. The lowest BCUT2D eigenvalue weighted by molar-refractivity contribution is -0.160. The minimum atomic E-state index is -4.61. The molecule has 2 aromatic rings. The van der Waals surface area contributed by atoms with E-state index < -0.39 is 24.8 Å². The van der Waals surface area contributed by atoms with Crippen LogP contribution >= 0.6 is 34.5 Å². The van der Waals surface area contributed by atoms with Crippen molar-refractivity contribution in [2.45, 2.75) is 12.6 Å². The van der Waals surface area contributed by atoms with E-state index >= 15 is 0 Å². The van der Waals surface area contributed by atoms with E-state index in [1.54, 1.807) is 23.6 Å². The maximum Gasteiger partial charge on any atom is 0.422 e. The highest BCUT2D eigenvalue weighted by molar-refractivity contribution is 7.14. The molecule has 27 heavy (non-hydrogen) atoms. The van der Waals surface area contributed by atoms with Gasteiger partial charge in [0.2, 0.25) is 5.91 Å². The maximum absolute atomic E-state index is 11.9. The molecule has 2 N–H and O–H groups in total. The molecule has 0 unspecified atom stereocenters. The molecule has 0 atom stereocenters. The first kappa shape index (κ1) is 21.3. The Kier molecular flexibility index (Phi) is 7.28. The second kappa shape index (κ2) is 9.25. The van der Waals surface area contributed by atoms with Crippen LogP contribution in [0.5, 0.6) is 0 Å². The largest absolute Gasteiger partial charge is 0.440 e. The quantitative estimate of drug-likeness (QED) is 0.678. The lowest BCUT2D eigenvalue weighted by Crippen LogP contribution is -2.31. The monoisotopic (exact) mass is 441 g/mol. The first-order chi connectivity index (χ1) is 12.6. The first-order valence-electron chi connectivity index (χ1n) is 7.32. The molecular weight excluding hydrogens is 430 g/mol. The van der Waals surface area contributed by atoms with Gasteiger partial charge in [-0.2, -0.15) is 13.2 Å². The SMILES string of the molecule is O=C(CCNC(=O)OCC(F)(F)F)Nc1nc(-c2cc(Cl)ccc2Cl)cs1. The van der Waals surface area contributed by atoms with E-state index in [4.69, 9.17) is 23.2 Å². The van der Waals surface area contributed by atoms with E-state index in [1.807, 2.05) is 5.32 Å². The Morgan fingerprint density at radius 3 is 2.70 bits per heavy atom. The fourth-order valence-electron chi connectivity index (χ4n) is 1.81. The lowest BCUT2D eigenvalue weighted by atomic mass is 10.2.